The molecule has 1 aromatic rings. The van der Waals surface area contributed by atoms with Gasteiger partial charge in [0.25, 0.3) is 0 Å². The fraction of sp³-hybridized carbons (Fsp3) is 0.400. The minimum atomic E-state index is -0.290. The highest BCUT2D eigenvalue weighted by Gasteiger charge is 2.10. The van der Waals surface area contributed by atoms with Crippen LogP contribution in [0.4, 0.5) is 11.4 Å². The van der Waals surface area contributed by atoms with Crippen molar-refractivity contribution in [2.24, 2.45) is 0 Å². The van der Waals surface area contributed by atoms with Gasteiger partial charge in [-0.15, -0.1) is 0 Å². The van der Waals surface area contributed by atoms with E-state index in [1.807, 2.05) is 25.1 Å². The van der Waals surface area contributed by atoms with E-state index < -0.39 is 0 Å². The molecule has 0 saturated carbocycles. The second-order valence-corrected chi connectivity index (χ2v) is 4.27. The van der Waals surface area contributed by atoms with Crippen molar-refractivity contribution in [1.29, 1.82) is 0 Å². The Kier molecular flexibility index (Phi) is 4.42. The number of nitrogen functional groups attached to an aromatic ring is 1. The number of rotatable bonds is 4. The van der Waals surface area contributed by atoms with E-state index in [1.165, 1.54) is 18.9 Å². The number of hydrogen-bond acceptors (Lipinski definition) is 6. The molecule has 5 nitrogen and oxygen atoms in total. The summed E-state index contributed by atoms with van der Waals surface area (Å²) in [5.74, 6) is -0.0774. The molecule has 0 spiro atoms. The number of nitrogens with two attached hydrogens (primary N) is 1. The molecule has 0 aliphatic carbocycles. The Hall–Kier alpha value is -1.43. The third kappa shape index (κ3) is 3.03. The van der Waals surface area contributed by atoms with Crippen LogP contribution >= 0.6 is 11.8 Å². The molecule has 0 atom stereocenters. The molecule has 1 aromatic heterocycles. The molecule has 0 unspecified atom stereocenters. The maximum absolute atomic E-state index is 11.0. The average molecular weight is 241 g/mol. The molecule has 0 amide bonds. The predicted octanol–water partition coefficient (Wildman–Crippen LogP) is 0.995. The van der Waals surface area contributed by atoms with Crippen molar-refractivity contribution in [3.8, 4) is 0 Å². The van der Waals surface area contributed by atoms with Crippen LogP contribution in [-0.2, 0) is 9.53 Å². The van der Waals surface area contributed by atoms with E-state index in [9.17, 15) is 4.79 Å². The van der Waals surface area contributed by atoms with Crippen LogP contribution in [0.2, 0.25) is 0 Å². The summed E-state index contributed by atoms with van der Waals surface area (Å²) in [5, 5.41) is 0.650. The van der Waals surface area contributed by atoms with Crippen LogP contribution < -0.4 is 10.6 Å². The Morgan fingerprint density at radius 3 is 2.88 bits per heavy atom. The summed E-state index contributed by atoms with van der Waals surface area (Å²) in [4.78, 5) is 17.0. The van der Waals surface area contributed by atoms with Crippen LogP contribution in [0.5, 0.6) is 0 Å². The zero-order chi connectivity index (χ0) is 12.1. The van der Waals surface area contributed by atoms with Crippen molar-refractivity contribution >= 4 is 29.1 Å². The van der Waals surface area contributed by atoms with Crippen LogP contribution in [-0.4, -0.2) is 37.9 Å². The topological polar surface area (TPSA) is 68.5 Å². The van der Waals surface area contributed by atoms with Crippen molar-refractivity contribution in [3.05, 3.63) is 12.3 Å². The summed E-state index contributed by atoms with van der Waals surface area (Å²) >= 11 is 1.27. The normalized spacial score (nSPS) is 9.94. The van der Waals surface area contributed by atoms with Crippen LogP contribution in [0, 0.1) is 0 Å². The summed E-state index contributed by atoms with van der Waals surface area (Å²) in [7, 11) is 5.16. The lowest BCUT2D eigenvalue weighted by molar-refractivity contribution is -0.137. The molecule has 0 radical (unpaired) electrons. The second-order valence-electron chi connectivity index (χ2n) is 3.31. The van der Waals surface area contributed by atoms with Crippen molar-refractivity contribution in [1.82, 2.24) is 4.98 Å². The predicted molar refractivity (Wildman–Crippen MR) is 65.7 cm³/mol. The van der Waals surface area contributed by atoms with Crippen LogP contribution in [0.15, 0.2) is 17.3 Å². The van der Waals surface area contributed by atoms with Gasteiger partial charge in [0.2, 0.25) is 0 Å². The number of carbonyl (C=O) groups excluding carboxylic acids is 1. The number of esters is 1. The van der Waals surface area contributed by atoms with Gasteiger partial charge in [-0.2, -0.15) is 0 Å². The van der Waals surface area contributed by atoms with Crippen LogP contribution in [0.1, 0.15) is 0 Å². The Morgan fingerprint density at radius 1 is 1.62 bits per heavy atom. The standard InChI is InChI=1S/C10H15N3O2S/c1-13(2)7-4-5-12-10(9(7)11)16-6-8(14)15-3/h4-5H,6,11H2,1-3H3. The van der Waals surface area contributed by atoms with Gasteiger partial charge in [0, 0.05) is 20.3 Å². The Labute approximate surface area is 99.0 Å². The number of ether oxygens (including phenoxy) is 1. The van der Waals surface area contributed by atoms with Crippen LogP contribution in [0.3, 0.4) is 0 Å². The fourth-order valence-electron chi connectivity index (χ4n) is 1.14. The Morgan fingerprint density at radius 2 is 2.31 bits per heavy atom. The first kappa shape index (κ1) is 12.6. The van der Waals surface area contributed by atoms with E-state index in [4.69, 9.17) is 5.73 Å². The highest BCUT2D eigenvalue weighted by Crippen LogP contribution is 2.30. The van der Waals surface area contributed by atoms with Gasteiger partial charge in [-0.3, -0.25) is 4.79 Å². The molecule has 0 aromatic carbocycles. The highest BCUT2D eigenvalue weighted by molar-refractivity contribution is 8.00. The number of methoxy groups -OCH3 is 1. The quantitative estimate of drug-likeness (QED) is 0.626. The number of thioether (sulfide) groups is 1. The van der Waals surface area contributed by atoms with Gasteiger partial charge in [-0.25, -0.2) is 4.98 Å². The molecule has 0 aliphatic heterocycles. The van der Waals surface area contributed by atoms with Gasteiger partial charge in [0.05, 0.1) is 24.2 Å². The van der Waals surface area contributed by atoms with Gasteiger partial charge in [0.15, 0.2) is 0 Å². The summed E-state index contributed by atoms with van der Waals surface area (Å²) in [6, 6.07) is 1.83. The van der Waals surface area contributed by atoms with E-state index in [0.717, 1.165) is 5.69 Å². The summed E-state index contributed by atoms with van der Waals surface area (Å²) in [6.07, 6.45) is 1.67. The molecule has 16 heavy (non-hydrogen) atoms. The highest BCUT2D eigenvalue weighted by atomic mass is 32.2. The Bertz CT molecular complexity index is 382. The van der Waals surface area contributed by atoms with E-state index in [0.29, 0.717) is 10.7 Å². The van der Waals surface area contributed by atoms with Crippen molar-refractivity contribution < 1.29 is 9.53 Å². The van der Waals surface area contributed by atoms with E-state index in [2.05, 4.69) is 9.72 Å². The van der Waals surface area contributed by atoms with Gasteiger partial charge in [-0.1, -0.05) is 11.8 Å². The van der Waals surface area contributed by atoms with E-state index in [1.54, 1.807) is 6.20 Å². The average Bonchev–Trinajstić information content (AvgIpc) is 2.26. The lowest BCUT2D eigenvalue weighted by Gasteiger charge is -2.16. The number of aromatic nitrogens is 1. The molecule has 1 heterocycles. The first-order valence-electron chi connectivity index (χ1n) is 4.67. The zero-order valence-electron chi connectivity index (χ0n) is 9.56. The molecule has 2 N–H and O–H groups in total. The second kappa shape index (κ2) is 5.60. The molecule has 0 saturated heterocycles. The molecule has 0 fully saturated rings. The monoisotopic (exact) mass is 241 g/mol. The largest absolute Gasteiger partial charge is 0.468 e. The van der Waals surface area contributed by atoms with Gasteiger partial charge < -0.3 is 15.4 Å². The fourth-order valence-corrected chi connectivity index (χ4v) is 1.90. The van der Waals surface area contributed by atoms with Gasteiger partial charge in [-0.05, 0) is 6.07 Å². The number of anilines is 2. The van der Waals surface area contributed by atoms with Crippen molar-refractivity contribution in [3.63, 3.8) is 0 Å². The number of pyridine rings is 1. The molecule has 1 rings (SSSR count). The SMILES string of the molecule is COC(=O)CSc1nccc(N(C)C)c1N. The molecule has 0 bridgehead atoms. The number of nitrogens with zero attached hydrogens (tertiary/aromatic N) is 2. The maximum Gasteiger partial charge on any atom is 0.316 e. The minimum absolute atomic E-state index is 0.213. The number of hydrogen-bond donors (Lipinski definition) is 1. The van der Waals surface area contributed by atoms with Gasteiger partial charge in [0.1, 0.15) is 5.03 Å². The molecular weight excluding hydrogens is 226 g/mol. The smallest absolute Gasteiger partial charge is 0.316 e. The molecule has 6 heteroatoms. The first-order valence-corrected chi connectivity index (χ1v) is 5.66. The molecule has 88 valence electrons. The van der Waals surface area contributed by atoms with Crippen molar-refractivity contribution in [2.45, 2.75) is 5.03 Å². The Balaban J connectivity index is 2.81. The number of carbonyl (C=O) groups is 1. The lowest BCUT2D eigenvalue weighted by atomic mass is 10.3. The summed E-state index contributed by atoms with van der Waals surface area (Å²) < 4.78 is 4.55. The van der Waals surface area contributed by atoms with Crippen LogP contribution in [0.25, 0.3) is 0 Å². The molecule has 0 aliphatic rings. The third-order valence-corrected chi connectivity index (χ3v) is 2.95. The lowest BCUT2D eigenvalue weighted by Crippen LogP contribution is -2.12. The van der Waals surface area contributed by atoms with E-state index in [-0.39, 0.29) is 11.7 Å². The van der Waals surface area contributed by atoms with Crippen molar-refractivity contribution in [2.75, 3.05) is 37.6 Å². The molecular formula is C10H15N3O2S. The third-order valence-electron chi connectivity index (χ3n) is 1.97. The minimum Gasteiger partial charge on any atom is -0.468 e. The van der Waals surface area contributed by atoms with E-state index >= 15 is 0 Å². The summed E-state index contributed by atoms with van der Waals surface area (Å²) in [6.45, 7) is 0. The zero-order valence-corrected chi connectivity index (χ0v) is 10.4. The maximum atomic E-state index is 11.0. The summed E-state index contributed by atoms with van der Waals surface area (Å²) in [5.41, 5.74) is 7.41. The first-order chi connectivity index (χ1) is 7.56. The van der Waals surface area contributed by atoms with Gasteiger partial charge >= 0.3 is 5.97 Å².